The molecule has 15 heavy (non-hydrogen) atoms. The van der Waals surface area contributed by atoms with Gasteiger partial charge in [0.25, 0.3) is 0 Å². The molecular formula is C12H18N2O. The maximum Gasteiger partial charge on any atom is 0.150 e. The van der Waals surface area contributed by atoms with Crippen LogP contribution in [0.15, 0.2) is 18.3 Å². The van der Waals surface area contributed by atoms with E-state index in [2.05, 4.69) is 23.7 Å². The lowest BCUT2D eigenvalue weighted by molar-refractivity contribution is 0.112. The molecule has 0 saturated heterocycles. The van der Waals surface area contributed by atoms with E-state index >= 15 is 0 Å². The van der Waals surface area contributed by atoms with Crippen molar-refractivity contribution in [2.75, 3.05) is 18.0 Å². The van der Waals surface area contributed by atoms with Gasteiger partial charge in [0.15, 0.2) is 0 Å². The molecule has 0 atom stereocenters. The van der Waals surface area contributed by atoms with Crippen LogP contribution in [0.4, 0.5) is 5.82 Å². The first kappa shape index (κ1) is 11.7. The molecule has 0 amide bonds. The minimum atomic E-state index is 0.692. The van der Waals surface area contributed by atoms with Gasteiger partial charge in [-0.1, -0.05) is 13.8 Å². The van der Waals surface area contributed by atoms with Gasteiger partial charge in [0.2, 0.25) is 0 Å². The second-order valence-corrected chi connectivity index (χ2v) is 3.55. The average Bonchev–Trinajstić information content (AvgIpc) is 2.29. The molecule has 0 saturated carbocycles. The van der Waals surface area contributed by atoms with Gasteiger partial charge < -0.3 is 4.90 Å². The minimum absolute atomic E-state index is 0.692. The molecule has 1 rings (SSSR count). The Morgan fingerprint density at radius 1 is 1.33 bits per heavy atom. The van der Waals surface area contributed by atoms with Crippen molar-refractivity contribution in [1.82, 2.24) is 4.98 Å². The molecule has 1 aromatic rings. The van der Waals surface area contributed by atoms with Gasteiger partial charge in [-0.25, -0.2) is 4.98 Å². The van der Waals surface area contributed by atoms with E-state index in [0.717, 1.165) is 38.0 Å². The molecule has 0 fully saturated rings. The summed E-state index contributed by atoms with van der Waals surface area (Å²) in [6, 6.07) is 3.57. The summed E-state index contributed by atoms with van der Waals surface area (Å²) >= 11 is 0. The number of nitrogens with zero attached hydrogens (tertiary/aromatic N) is 2. The number of aldehydes is 1. The number of aromatic nitrogens is 1. The van der Waals surface area contributed by atoms with Gasteiger partial charge in [0.1, 0.15) is 12.1 Å². The van der Waals surface area contributed by atoms with Gasteiger partial charge in [-0.05, 0) is 25.0 Å². The van der Waals surface area contributed by atoms with E-state index in [1.807, 2.05) is 6.07 Å². The third-order valence-corrected chi connectivity index (χ3v) is 2.22. The van der Waals surface area contributed by atoms with E-state index in [4.69, 9.17) is 0 Å². The van der Waals surface area contributed by atoms with Crippen LogP contribution in [0.25, 0.3) is 0 Å². The Bertz CT molecular complexity index is 306. The van der Waals surface area contributed by atoms with E-state index < -0.39 is 0 Å². The van der Waals surface area contributed by atoms with Gasteiger partial charge in [0, 0.05) is 24.8 Å². The topological polar surface area (TPSA) is 33.2 Å². The quantitative estimate of drug-likeness (QED) is 0.670. The molecule has 3 heteroatoms. The second-order valence-electron chi connectivity index (χ2n) is 3.55. The summed E-state index contributed by atoms with van der Waals surface area (Å²) in [6.07, 6.45) is 4.73. The number of anilines is 1. The smallest absolute Gasteiger partial charge is 0.150 e. The molecule has 82 valence electrons. The van der Waals surface area contributed by atoms with Crippen molar-refractivity contribution in [2.24, 2.45) is 0 Å². The summed E-state index contributed by atoms with van der Waals surface area (Å²) < 4.78 is 0. The zero-order valence-electron chi connectivity index (χ0n) is 9.44. The third kappa shape index (κ3) is 3.35. The van der Waals surface area contributed by atoms with E-state index in [-0.39, 0.29) is 0 Å². The molecule has 0 aliphatic carbocycles. The summed E-state index contributed by atoms with van der Waals surface area (Å²) in [4.78, 5) is 17.2. The summed E-state index contributed by atoms with van der Waals surface area (Å²) in [5, 5.41) is 0. The number of pyridine rings is 1. The number of rotatable bonds is 6. The van der Waals surface area contributed by atoms with Crippen LogP contribution in [0, 0.1) is 0 Å². The molecular weight excluding hydrogens is 188 g/mol. The molecule has 0 aromatic carbocycles. The van der Waals surface area contributed by atoms with Gasteiger partial charge in [-0.3, -0.25) is 4.79 Å². The van der Waals surface area contributed by atoms with Crippen LogP contribution in [0.5, 0.6) is 0 Å². The number of hydrogen-bond donors (Lipinski definition) is 0. The Kier molecular flexibility index (Phi) is 4.81. The highest BCUT2D eigenvalue weighted by molar-refractivity contribution is 5.76. The molecule has 0 unspecified atom stereocenters. The minimum Gasteiger partial charge on any atom is -0.357 e. The third-order valence-electron chi connectivity index (χ3n) is 2.22. The highest BCUT2D eigenvalue weighted by Gasteiger charge is 2.05. The van der Waals surface area contributed by atoms with E-state index in [0.29, 0.717) is 5.56 Å². The van der Waals surface area contributed by atoms with E-state index in [9.17, 15) is 4.79 Å². The van der Waals surface area contributed by atoms with Crippen molar-refractivity contribution >= 4 is 12.1 Å². The highest BCUT2D eigenvalue weighted by atomic mass is 16.1. The van der Waals surface area contributed by atoms with Crippen LogP contribution in [0.2, 0.25) is 0 Å². The van der Waals surface area contributed by atoms with Crippen molar-refractivity contribution in [1.29, 1.82) is 0 Å². The summed E-state index contributed by atoms with van der Waals surface area (Å²) in [5.41, 5.74) is 0.692. The van der Waals surface area contributed by atoms with Crippen molar-refractivity contribution in [2.45, 2.75) is 26.7 Å². The average molecular weight is 206 g/mol. The van der Waals surface area contributed by atoms with Gasteiger partial charge >= 0.3 is 0 Å². The monoisotopic (exact) mass is 206 g/mol. The first-order valence-electron chi connectivity index (χ1n) is 5.48. The number of carbonyl (C=O) groups excluding carboxylic acids is 1. The first-order valence-corrected chi connectivity index (χ1v) is 5.48. The van der Waals surface area contributed by atoms with Crippen molar-refractivity contribution < 1.29 is 4.79 Å². The zero-order chi connectivity index (χ0) is 11.1. The lowest BCUT2D eigenvalue weighted by Gasteiger charge is -2.22. The Morgan fingerprint density at radius 2 is 2.00 bits per heavy atom. The summed E-state index contributed by atoms with van der Waals surface area (Å²) in [7, 11) is 0. The Morgan fingerprint density at radius 3 is 2.53 bits per heavy atom. The second kappa shape index (κ2) is 6.17. The fourth-order valence-electron chi connectivity index (χ4n) is 1.56. The predicted octanol–water partition coefficient (Wildman–Crippen LogP) is 2.52. The first-order chi connectivity index (χ1) is 7.31. The number of hydrogen-bond acceptors (Lipinski definition) is 3. The maximum absolute atomic E-state index is 10.7. The number of carbonyl (C=O) groups is 1. The largest absolute Gasteiger partial charge is 0.357 e. The Labute approximate surface area is 91.1 Å². The van der Waals surface area contributed by atoms with Crippen LogP contribution in [0.1, 0.15) is 37.0 Å². The highest BCUT2D eigenvalue weighted by Crippen LogP contribution is 2.12. The van der Waals surface area contributed by atoms with Gasteiger partial charge in [-0.15, -0.1) is 0 Å². The fraction of sp³-hybridized carbons (Fsp3) is 0.500. The van der Waals surface area contributed by atoms with Gasteiger partial charge in [0.05, 0.1) is 0 Å². The lowest BCUT2D eigenvalue weighted by atomic mass is 10.2. The zero-order valence-corrected chi connectivity index (χ0v) is 9.44. The van der Waals surface area contributed by atoms with E-state index in [1.54, 1.807) is 12.3 Å². The lowest BCUT2D eigenvalue weighted by Crippen LogP contribution is -2.25. The summed E-state index contributed by atoms with van der Waals surface area (Å²) in [5.74, 6) is 0.906. The molecule has 0 radical (unpaired) electrons. The Balaban J connectivity index is 2.83. The molecule has 0 aliphatic heterocycles. The predicted molar refractivity (Wildman–Crippen MR) is 62.4 cm³/mol. The maximum atomic E-state index is 10.7. The molecule has 0 N–H and O–H groups in total. The molecule has 0 bridgehead atoms. The molecule has 1 aromatic heterocycles. The van der Waals surface area contributed by atoms with Crippen LogP contribution in [-0.2, 0) is 0 Å². The SMILES string of the molecule is CCCN(CCC)c1cc(C=O)ccn1. The van der Waals surface area contributed by atoms with E-state index in [1.165, 1.54) is 0 Å². The standard InChI is InChI=1S/C12H18N2O/c1-3-7-14(8-4-2)12-9-11(10-15)5-6-13-12/h5-6,9-10H,3-4,7-8H2,1-2H3. The van der Waals surface area contributed by atoms with Crippen LogP contribution in [-0.4, -0.2) is 24.4 Å². The molecule has 0 spiro atoms. The molecule has 3 nitrogen and oxygen atoms in total. The fourth-order valence-corrected chi connectivity index (χ4v) is 1.56. The van der Waals surface area contributed by atoms with Crippen molar-refractivity contribution in [3.8, 4) is 0 Å². The molecule has 0 aliphatic rings. The van der Waals surface area contributed by atoms with Crippen LogP contribution >= 0.6 is 0 Å². The van der Waals surface area contributed by atoms with Crippen LogP contribution in [0.3, 0.4) is 0 Å². The summed E-state index contributed by atoms with van der Waals surface area (Å²) in [6.45, 7) is 6.27. The van der Waals surface area contributed by atoms with Crippen LogP contribution < -0.4 is 4.90 Å². The molecule has 1 heterocycles. The van der Waals surface area contributed by atoms with Gasteiger partial charge in [-0.2, -0.15) is 0 Å². The Hall–Kier alpha value is -1.38. The van der Waals surface area contributed by atoms with Crippen molar-refractivity contribution in [3.05, 3.63) is 23.9 Å². The van der Waals surface area contributed by atoms with Crippen molar-refractivity contribution in [3.63, 3.8) is 0 Å². The normalized spacial score (nSPS) is 10.0.